The molecule has 0 bridgehead atoms. The van der Waals surface area contributed by atoms with E-state index in [-0.39, 0.29) is 25.7 Å². The van der Waals surface area contributed by atoms with E-state index in [2.05, 4.69) is 59.9 Å². The maximum Gasteiger partial charge on any atom is 0.235 e. The Balaban J connectivity index is 0.000000175. The first kappa shape index (κ1) is 34.5. The Bertz CT molecular complexity index is 3290. The van der Waals surface area contributed by atoms with Gasteiger partial charge in [-0.1, -0.05) is 140 Å². The van der Waals surface area contributed by atoms with Gasteiger partial charge < -0.3 is 14.4 Å². The van der Waals surface area contributed by atoms with Gasteiger partial charge in [0.05, 0.1) is 24.7 Å². The van der Waals surface area contributed by atoms with Crippen LogP contribution in [0.25, 0.3) is 78.0 Å². The number of hydrogen-bond acceptors (Lipinski definition) is 5. The van der Waals surface area contributed by atoms with E-state index in [9.17, 15) is 0 Å². The number of benzene rings is 6. The number of rotatable bonds is 7. The molecule has 0 spiro atoms. The molecule has 60 heavy (non-hydrogen) atoms. The van der Waals surface area contributed by atoms with Crippen LogP contribution in [0.2, 0.25) is 19.6 Å². The number of hydrogen-bond donors (Lipinski definition) is 0. The van der Waals surface area contributed by atoms with Crippen LogP contribution in [0.3, 0.4) is 0 Å². The molecule has 5 nitrogen and oxygen atoms in total. The van der Waals surface area contributed by atoms with Crippen LogP contribution in [0.4, 0.5) is 0 Å². The van der Waals surface area contributed by atoms with Gasteiger partial charge >= 0.3 is 0 Å². The molecule has 0 N–H and O–H groups in total. The second kappa shape index (κ2) is 17.5. The van der Waals surface area contributed by atoms with Crippen molar-refractivity contribution in [1.82, 2.24) is 19.9 Å². The number of fused-ring (bicyclic) bond motifs is 4. The first-order valence-electron chi connectivity index (χ1n) is 22.0. The molecule has 10 aromatic rings. The average molecular weight is 976 g/mol. The molecule has 6 aromatic carbocycles. The van der Waals surface area contributed by atoms with E-state index in [1.165, 1.54) is 0 Å². The second-order valence-electron chi connectivity index (χ2n) is 15.3. The van der Waals surface area contributed by atoms with Gasteiger partial charge in [0.15, 0.2) is 0 Å². The van der Waals surface area contributed by atoms with E-state index in [0.717, 1.165) is 49.6 Å². The first-order chi connectivity index (χ1) is 30.7. The summed E-state index contributed by atoms with van der Waals surface area (Å²) in [6.07, 6.45) is 1.90. The molecule has 4 aromatic heterocycles. The van der Waals surface area contributed by atoms with Gasteiger partial charge in [0, 0.05) is 44.9 Å². The van der Waals surface area contributed by atoms with Gasteiger partial charge in [0.25, 0.3) is 0 Å². The fourth-order valence-electron chi connectivity index (χ4n) is 7.09. The maximum absolute atomic E-state index is 9.02. The first-order valence-corrected chi connectivity index (χ1v) is 23.0. The molecule has 0 aliphatic rings. The van der Waals surface area contributed by atoms with Crippen molar-refractivity contribution < 1.29 is 31.4 Å². The summed E-state index contributed by atoms with van der Waals surface area (Å²) in [4.78, 5) is 18.6. The fourth-order valence-corrected chi connectivity index (χ4v) is 8.48. The van der Waals surface area contributed by atoms with Crippen molar-refractivity contribution in [3.05, 3.63) is 199 Å². The zero-order valence-electron chi connectivity index (χ0n) is 38.2. The summed E-state index contributed by atoms with van der Waals surface area (Å²) < 4.78 is 48.1. The molecule has 0 saturated heterocycles. The molecule has 0 amide bonds. The van der Waals surface area contributed by atoms with Crippen molar-refractivity contribution in [1.29, 1.82) is 0 Å². The van der Waals surface area contributed by atoms with Crippen LogP contribution in [-0.2, 0) is 26.5 Å². The standard InChI is InChI=1S/C27H26NSi.C26H16N3O.Ir/c1-29(2,3)27-20-28-26(19-25(27)17-21-11-6-4-7-12-21)24-16-10-15-23(18-24)22-13-8-5-9-14-22;1-16-13-23(27-15-20(16)17-7-3-2-4-8-17)18-11-12-24-19(14-18)25-26(30-24)29-22-10-6-5-9-21(22)28-25;/h4-15,18-20H,17H2,1-3H3;2-10,12-15H,1H3;/q2*-1;/i17D2;1D3;. The van der Waals surface area contributed by atoms with Gasteiger partial charge in [-0.25, -0.2) is 9.97 Å². The average Bonchev–Trinajstić information content (AvgIpc) is 3.67. The summed E-state index contributed by atoms with van der Waals surface area (Å²) in [5, 5.41) is 1.82. The van der Waals surface area contributed by atoms with Crippen LogP contribution in [0.15, 0.2) is 175 Å². The Labute approximate surface area is 372 Å². The Morgan fingerprint density at radius 3 is 2.00 bits per heavy atom. The molecule has 295 valence electrons. The molecule has 7 heteroatoms. The second-order valence-corrected chi connectivity index (χ2v) is 20.3. The molecule has 4 heterocycles. The van der Waals surface area contributed by atoms with Gasteiger partial charge in [-0.15, -0.1) is 59.2 Å². The van der Waals surface area contributed by atoms with E-state index < -0.39 is 21.3 Å². The molecule has 0 saturated carbocycles. The summed E-state index contributed by atoms with van der Waals surface area (Å²) in [5.41, 5.74) is 11.3. The molecular formula is C53H42IrN4OSi-2. The van der Waals surface area contributed by atoms with E-state index in [1.807, 2.05) is 134 Å². The third-order valence-corrected chi connectivity index (χ3v) is 12.1. The number of furan rings is 1. The SMILES string of the molecule is [2H]C([2H])([2H])c1cc(-c2[c-]cc3oc4nc5ccccc5nc4c3c2)ncc1-c1ccccc1.[2H]C([2H])(c1ccccc1)c1cc(-c2[c-]ccc(-c3ccccc3)c2)ncc1[Si](C)(C)C.[Ir]. The quantitative estimate of drug-likeness (QED) is 0.118. The summed E-state index contributed by atoms with van der Waals surface area (Å²) in [6, 6.07) is 56.3. The molecular weight excluding hydrogens is 929 g/mol. The van der Waals surface area contributed by atoms with Crippen molar-refractivity contribution in [3.63, 3.8) is 0 Å². The zero-order valence-corrected chi connectivity index (χ0v) is 36.6. The van der Waals surface area contributed by atoms with E-state index in [0.29, 0.717) is 44.8 Å². The van der Waals surface area contributed by atoms with E-state index in [1.54, 1.807) is 18.3 Å². The van der Waals surface area contributed by atoms with E-state index >= 15 is 0 Å². The van der Waals surface area contributed by atoms with Crippen molar-refractivity contribution in [3.8, 4) is 44.8 Å². The number of aryl methyl sites for hydroxylation is 1. The third-order valence-electron chi connectivity index (χ3n) is 10.1. The minimum Gasteiger partial charge on any atom is -0.485 e. The molecule has 0 atom stereocenters. The smallest absolute Gasteiger partial charge is 0.235 e. The predicted octanol–water partition coefficient (Wildman–Crippen LogP) is 12.7. The fraction of sp³-hybridized carbons (Fsp3) is 0.0943. The van der Waals surface area contributed by atoms with Crippen molar-refractivity contribution >= 4 is 46.5 Å². The van der Waals surface area contributed by atoms with E-state index in [4.69, 9.17) is 21.2 Å². The normalized spacial score (nSPS) is 12.9. The van der Waals surface area contributed by atoms with Crippen molar-refractivity contribution in [2.45, 2.75) is 32.9 Å². The molecule has 0 aliphatic heterocycles. The number of para-hydroxylation sites is 2. The monoisotopic (exact) mass is 976 g/mol. The molecule has 0 aliphatic carbocycles. The number of aromatic nitrogens is 4. The van der Waals surface area contributed by atoms with Crippen molar-refractivity contribution in [2.75, 3.05) is 0 Å². The molecule has 0 fully saturated rings. The molecule has 10 rings (SSSR count). The largest absolute Gasteiger partial charge is 0.485 e. The van der Waals surface area contributed by atoms with Crippen LogP contribution in [0, 0.1) is 19.0 Å². The molecule has 0 unspecified atom stereocenters. The number of pyridine rings is 2. The van der Waals surface area contributed by atoms with Gasteiger partial charge in [-0.05, 0) is 69.6 Å². The van der Waals surface area contributed by atoms with Crippen LogP contribution in [-0.4, -0.2) is 28.0 Å². The Hall–Kier alpha value is -6.37. The maximum atomic E-state index is 9.02. The van der Waals surface area contributed by atoms with Crippen LogP contribution in [0.1, 0.15) is 23.5 Å². The van der Waals surface area contributed by atoms with Crippen LogP contribution in [0.5, 0.6) is 0 Å². The summed E-state index contributed by atoms with van der Waals surface area (Å²) in [5.74, 6) is 0. The summed E-state index contributed by atoms with van der Waals surface area (Å²) in [6.45, 7) is 4.41. The topological polar surface area (TPSA) is 64.7 Å². The van der Waals surface area contributed by atoms with Gasteiger partial charge in [0.2, 0.25) is 5.71 Å². The zero-order chi connectivity index (χ0) is 44.6. The van der Waals surface area contributed by atoms with Gasteiger partial charge in [0.1, 0.15) is 5.52 Å². The minimum absolute atomic E-state index is 0. The minimum atomic E-state index is -2.29. The Kier molecular flexibility index (Phi) is 10.0. The van der Waals surface area contributed by atoms with Crippen LogP contribution >= 0.6 is 0 Å². The number of nitrogens with zero attached hydrogens (tertiary/aromatic N) is 4. The summed E-state index contributed by atoms with van der Waals surface area (Å²) in [7, 11) is -1.82. The van der Waals surface area contributed by atoms with Gasteiger partial charge in [-0.2, -0.15) is 0 Å². The Morgan fingerprint density at radius 2 is 1.28 bits per heavy atom. The Morgan fingerprint density at radius 1 is 0.650 bits per heavy atom. The van der Waals surface area contributed by atoms with Crippen LogP contribution < -0.4 is 5.19 Å². The predicted molar refractivity (Wildman–Crippen MR) is 245 cm³/mol. The summed E-state index contributed by atoms with van der Waals surface area (Å²) >= 11 is 0. The molecule has 1 radical (unpaired) electrons. The van der Waals surface area contributed by atoms with Crippen molar-refractivity contribution in [2.24, 2.45) is 0 Å². The van der Waals surface area contributed by atoms with Gasteiger partial charge in [-0.3, -0.25) is 0 Å². The third kappa shape index (κ3) is 8.66.